The molecule has 6 nitrogen and oxygen atoms in total. The van der Waals surface area contributed by atoms with Crippen LogP contribution < -0.4 is 4.74 Å². The van der Waals surface area contributed by atoms with Crippen molar-refractivity contribution in [1.82, 2.24) is 14.5 Å². The number of imidazole rings is 1. The minimum Gasteiger partial charge on any atom is -0.484 e. The number of ketones is 1. The monoisotopic (exact) mass is 449 g/mol. The zero-order valence-corrected chi connectivity index (χ0v) is 18.4. The number of benzene rings is 2. The summed E-state index contributed by atoms with van der Waals surface area (Å²) < 4.78 is 7.68. The Morgan fingerprint density at radius 3 is 2.72 bits per heavy atom. The van der Waals surface area contributed by atoms with Crippen molar-refractivity contribution in [1.29, 1.82) is 0 Å². The molecule has 5 rings (SSSR count). The number of rotatable bonds is 6. The summed E-state index contributed by atoms with van der Waals surface area (Å²) in [5.41, 5.74) is 3.41. The van der Waals surface area contributed by atoms with E-state index in [9.17, 15) is 9.59 Å². The molecule has 0 N–H and O–H groups in total. The lowest BCUT2D eigenvalue weighted by Crippen LogP contribution is -2.42. The SMILES string of the molecule is O=C(CC1c2ccccc2-c2cncn21)C1CCN(C(=O)COc2cccc(Cl)c2)CC1. The van der Waals surface area contributed by atoms with Crippen molar-refractivity contribution >= 4 is 23.3 Å². The first-order valence-corrected chi connectivity index (χ1v) is 11.3. The van der Waals surface area contributed by atoms with E-state index in [0.29, 0.717) is 43.1 Å². The summed E-state index contributed by atoms with van der Waals surface area (Å²) in [4.78, 5) is 31.7. The van der Waals surface area contributed by atoms with Crippen LogP contribution >= 0.6 is 11.6 Å². The lowest BCUT2D eigenvalue weighted by molar-refractivity contribution is -0.137. The first kappa shape index (κ1) is 20.8. The molecule has 1 atom stereocenters. The zero-order chi connectivity index (χ0) is 22.1. The van der Waals surface area contributed by atoms with Crippen molar-refractivity contribution in [2.24, 2.45) is 5.92 Å². The van der Waals surface area contributed by atoms with E-state index in [0.717, 1.165) is 11.3 Å². The van der Waals surface area contributed by atoms with Gasteiger partial charge in [-0.2, -0.15) is 0 Å². The lowest BCUT2D eigenvalue weighted by atomic mass is 9.87. The van der Waals surface area contributed by atoms with E-state index in [2.05, 4.69) is 21.7 Å². The van der Waals surface area contributed by atoms with Crippen LogP contribution in [-0.2, 0) is 9.59 Å². The summed E-state index contributed by atoms with van der Waals surface area (Å²) in [5.74, 6) is 0.747. The molecule has 1 fully saturated rings. The van der Waals surface area contributed by atoms with Gasteiger partial charge in [0.25, 0.3) is 5.91 Å². The van der Waals surface area contributed by atoms with Gasteiger partial charge in [-0.25, -0.2) is 4.98 Å². The molecule has 2 aliphatic heterocycles. The van der Waals surface area contributed by atoms with Gasteiger partial charge in [0, 0.05) is 36.0 Å². The number of likely N-dealkylation sites (tertiary alicyclic amines) is 1. The lowest BCUT2D eigenvalue weighted by Gasteiger charge is -2.31. The van der Waals surface area contributed by atoms with Crippen molar-refractivity contribution in [3.05, 3.63) is 71.6 Å². The summed E-state index contributed by atoms with van der Waals surface area (Å²) in [7, 11) is 0. The van der Waals surface area contributed by atoms with E-state index >= 15 is 0 Å². The Hall–Kier alpha value is -3.12. The molecular weight excluding hydrogens is 426 g/mol. The van der Waals surface area contributed by atoms with Crippen LogP contribution in [0.25, 0.3) is 11.3 Å². The Morgan fingerprint density at radius 2 is 1.91 bits per heavy atom. The predicted octanol–water partition coefficient (Wildman–Crippen LogP) is 4.38. The van der Waals surface area contributed by atoms with Gasteiger partial charge in [-0.3, -0.25) is 9.59 Å². The van der Waals surface area contributed by atoms with E-state index in [1.807, 2.05) is 24.7 Å². The molecule has 0 spiro atoms. The first-order chi connectivity index (χ1) is 15.6. The van der Waals surface area contributed by atoms with Gasteiger partial charge in [-0.15, -0.1) is 0 Å². The molecule has 1 saturated heterocycles. The molecule has 2 aromatic carbocycles. The smallest absolute Gasteiger partial charge is 0.260 e. The fraction of sp³-hybridized carbons (Fsp3) is 0.320. The average molecular weight is 450 g/mol. The second-order valence-corrected chi connectivity index (χ2v) is 8.80. The van der Waals surface area contributed by atoms with Crippen LogP contribution in [0.5, 0.6) is 5.75 Å². The highest BCUT2D eigenvalue weighted by Crippen LogP contribution is 2.41. The highest BCUT2D eigenvalue weighted by atomic mass is 35.5. The molecule has 0 aliphatic carbocycles. The number of aromatic nitrogens is 2. The number of Topliss-reactive ketones (excluding diaryl/α,β-unsaturated/α-hetero) is 1. The van der Waals surface area contributed by atoms with Crippen LogP contribution in [0.15, 0.2) is 61.1 Å². The standard InChI is InChI=1S/C25H24ClN3O3/c26-18-4-3-5-19(12-18)32-15-25(31)28-10-8-17(9-11-28)24(30)13-22-20-6-1-2-7-21(20)23-14-27-16-29(22)23/h1-7,12,14,16-17,22H,8-11,13,15H2. The number of halogens is 1. The quantitative estimate of drug-likeness (QED) is 0.560. The third-order valence-electron chi connectivity index (χ3n) is 6.45. The highest BCUT2D eigenvalue weighted by molar-refractivity contribution is 6.30. The number of fused-ring (bicyclic) bond motifs is 3. The fourth-order valence-electron chi connectivity index (χ4n) is 4.74. The molecule has 0 radical (unpaired) electrons. The van der Waals surface area contributed by atoms with Crippen LogP contribution in [0, 0.1) is 5.92 Å². The van der Waals surface area contributed by atoms with Gasteiger partial charge >= 0.3 is 0 Å². The third kappa shape index (κ3) is 4.02. The largest absolute Gasteiger partial charge is 0.484 e. The minimum atomic E-state index is -0.0661. The van der Waals surface area contributed by atoms with Crippen LogP contribution in [0.2, 0.25) is 5.02 Å². The predicted molar refractivity (Wildman–Crippen MR) is 122 cm³/mol. The second-order valence-electron chi connectivity index (χ2n) is 8.36. The maximum absolute atomic E-state index is 13.1. The summed E-state index contributed by atoms with van der Waals surface area (Å²) in [5, 5.41) is 0.571. The van der Waals surface area contributed by atoms with Crippen LogP contribution in [0.3, 0.4) is 0 Å². The van der Waals surface area contributed by atoms with Gasteiger partial charge < -0.3 is 14.2 Å². The van der Waals surface area contributed by atoms with Gasteiger partial charge in [-0.1, -0.05) is 41.9 Å². The second kappa shape index (κ2) is 8.79. The summed E-state index contributed by atoms with van der Waals surface area (Å²) >= 11 is 5.95. The molecular formula is C25H24ClN3O3. The van der Waals surface area contributed by atoms with E-state index in [1.165, 1.54) is 5.56 Å². The van der Waals surface area contributed by atoms with Gasteiger partial charge in [0.1, 0.15) is 11.5 Å². The molecule has 32 heavy (non-hydrogen) atoms. The highest BCUT2D eigenvalue weighted by Gasteiger charge is 2.33. The van der Waals surface area contributed by atoms with Crippen molar-refractivity contribution in [2.45, 2.75) is 25.3 Å². The fourth-order valence-corrected chi connectivity index (χ4v) is 4.92. The Morgan fingerprint density at radius 1 is 1.09 bits per heavy atom. The molecule has 0 saturated carbocycles. The molecule has 2 aliphatic rings. The molecule has 0 bridgehead atoms. The van der Waals surface area contributed by atoms with E-state index < -0.39 is 0 Å². The molecule has 3 heterocycles. The van der Waals surface area contributed by atoms with Gasteiger partial charge in [0.15, 0.2) is 6.61 Å². The average Bonchev–Trinajstić information content (AvgIpc) is 3.40. The summed E-state index contributed by atoms with van der Waals surface area (Å²) in [6.07, 6.45) is 5.50. The topological polar surface area (TPSA) is 64.4 Å². The Bertz CT molecular complexity index is 1150. The minimum absolute atomic E-state index is 0.00181. The van der Waals surface area contributed by atoms with Gasteiger partial charge in [0.2, 0.25) is 0 Å². The van der Waals surface area contributed by atoms with Gasteiger partial charge in [0.05, 0.1) is 24.3 Å². The number of carbonyl (C=O) groups is 2. The normalized spacial score (nSPS) is 17.7. The zero-order valence-electron chi connectivity index (χ0n) is 17.6. The van der Waals surface area contributed by atoms with E-state index in [4.69, 9.17) is 16.3 Å². The summed E-state index contributed by atoms with van der Waals surface area (Å²) in [6, 6.07) is 15.2. The molecule has 1 amide bonds. The number of nitrogens with zero attached hydrogens (tertiary/aromatic N) is 3. The number of hydrogen-bond acceptors (Lipinski definition) is 4. The van der Waals surface area contributed by atoms with Crippen molar-refractivity contribution in [3.8, 4) is 17.0 Å². The maximum atomic E-state index is 13.1. The van der Waals surface area contributed by atoms with E-state index in [-0.39, 0.29) is 30.3 Å². The number of ether oxygens (including phenoxy) is 1. The third-order valence-corrected chi connectivity index (χ3v) is 6.69. The molecule has 1 unspecified atom stereocenters. The molecule has 164 valence electrons. The summed E-state index contributed by atoms with van der Waals surface area (Å²) in [6.45, 7) is 1.12. The van der Waals surface area contributed by atoms with E-state index in [1.54, 1.807) is 29.2 Å². The van der Waals surface area contributed by atoms with Crippen molar-refractivity contribution < 1.29 is 14.3 Å². The number of carbonyl (C=O) groups excluding carboxylic acids is 2. The van der Waals surface area contributed by atoms with Crippen molar-refractivity contribution in [3.63, 3.8) is 0 Å². The molecule has 1 aromatic heterocycles. The first-order valence-electron chi connectivity index (χ1n) is 10.9. The maximum Gasteiger partial charge on any atom is 0.260 e. The number of piperidine rings is 1. The van der Waals surface area contributed by atoms with Crippen molar-refractivity contribution in [2.75, 3.05) is 19.7 Å². The van der Waals surface area contributed by atoms with Crippen LogP contribution in [-0.4, -0.2) is 45.8 Å². The molecule has 7 heteroatoms. The number of amides is 1. The van der Waals surface area contributed by atoms with Gasteiger partial charge in [-0.05, 0) is 36.6 Å². The molecule has 3 aromatic rings. The van der Waals surface area contributed by atoms with Crippen LogP contribution in [0.4, 0.5) is 0 Å². The Kier molecular flexibility index (Phi) is 5.70. The Balaban J connectivity index is 1.16. The Labute approximate surface area is 191 Å². The number of hydrogen-bond donors (Lipinski definition) is 0. The van der Waals surface area contributed by atoms with Crippen LogP contribution in [0.1, 0.15) is 30.9 Å².